The van der Waals surface area contributed by atoms with Crippen molar-refractivity contribution < 1.29 is 17.9 Å². The summed E-state index contributed by atoms with van der Waals surface area (Å²) in [7, 11) is -0.0499. The number of rotatable bonds is 14. The number of nitrogens with one attached hydrogen (secondary N) is 1. The largest absolute Gasteiger partial charge is 0.445 e. The van der Waals surface area contributed by atoms with Gasteiger partial charge in [-0.05, 0) is 63.0 Å². The molecule has 0 spiro atoms. The standard InChI is InChI=1S/C34H46N4O4S/c1-4-38(33(39)42-26-29-14-8-5-9-15-29)31-20-23-37(24-21-31)25-22-34(27-35-2,30-16-10-6-11-17-30)28-36(3)43(40,41)32-18-12-7-13-19-32/h5-19,31,35H,4,20-28H2,1-3H3. The summed E-state index contributed by atoms with van der Waals surface area (Å²) in [4.78, 5) is 17.5. The molecule has 3 aromatic rings. The lowest BCUT2D eigenvalue weighted by Gasteiger charge is -2.41. The lowest BCUT2D eigenvalue weighted by molar-refractivity contribution is 0.0616. The fraction of sp³-hybridized carbons (Fsp3) is 0.441. The number of carbonyl (C=O) groups excluding carboxylic acids is 1. The van der Waals surface area contributed by atoms with Gasteiger partial charge in [-0.15, -0.1) is 0 Å². The molecular formula is C34H46N4O4S. The number of hydrogen-bond acceptors (Lipinski definition) is 6. The monoisotopic (exact) mass is 606 g/mol. The van der Waals surface area contributed by atoms with Gasteiger partial charge in [0.2, 0.25) is 10.0 Å². The van der Waals surface area contributed by atoms with Crippen molar-refractivity contribution in [3.8, 4) is 0 Å². The lowest BCUT2D eigenvalue weighted by Crippen LogP contribution is -2.51. The fourth-order valence-corrected chi connectivity index (χ4v) is 7.42. The van der Waals surface area contributed by atoms with Crippen molar-refractivity contribution in [3.05, 3.63) is 102 Å². The molecule has 1 amide bonds. The molecule has 1 heterocycles. The van der Waals surface area contributed by atoms with E-state index >= 15 is 0 Å². The Kier molecular flexibility index (Phi) is 11.8. The normalized spacial score (nSPS) is 16.1. The minimum absolute atomic E-state index is 0.142. The first-order chi connectivity index (χ1) is 20.8. The molecule has 1 aliphatic heterocycles. The number of amides is 1. The first-order valence-electron chi connectivity index (χ1n) is 15.2. The quantitative estimate of drug-likeness (QED) is 0.279. The van der Waals surface area contributed by atoms with Crippen LogP contribution >= 0.6 is 0 Å². The molecule has 1 unspecified atom stereocenters. The van der Waals surface area contributed by atoms with Gasteiger partial charge in [-0.2, -0.15) is 4.31 Å². The van der Waals surface area contributed by atoms with Gasteiger partial charge in [-0.3, -0.25) is 0 Å². The zero-order valence-corrected chi connectivity index (χ0v) is 26.5. The summed E-state index contributed by atoms with van der Waals surface area (Å²) >= 11 is 0. The van der Waals surface area contributed by atoms with Gasteiger partial charge in [0.1, 0.15) is 6.61 Å². The van der Waals surface area contributed by atoms with Gasteiger partial charge in [0.15, 0.2) is 0 Å². The molecule has 1 N–H and O–H groups in total. The Morgan fingerprint density at radius 2 is 1.53 bits per heavy atom. The maximum atomic E-state index is 13.5. The Labute approximate surface area is 257 Å². The van der Waals surface area contributed by atoms with Crippen LogP contribution in [0.15, 0.2) is 95.9 Å². The van der Waals surface area contributed by atoms with Gasteiger partial charge in [-0.1, -0.05) is 78.9 Å². The van der Waals surface area contributed by atoms with E-state index in [4.69, 9.17) is 4.74 Å². The summed E-state index contributed by atoms with van der Waals surface area (Å²) in [6.45, 7) is 6.44. The highest BCUT2D eigenvalue weighted by Crippen LogP contribution is 2.32. The van der Waals surface area contributed by atoms with Crippen molar-refractivity contribution in [3.63, 3.8) is 0 Å². The molecule has 1 atom stereocenters. The highest BCUT2D eigenvalue weighted by molar-refractivity contribution is 7.89. The molecule has 3 aromatic carbocycles. The predicted octanol–water partition coefficient (Wildman–Crippen LogP) is 4.98. The highest BCUT2D eigenvalue weighted by Gasteiger charge is 2.37. The van der Waals surface area contributed by atoms with E-state index < -0.39 is 15.4 Å². The molecule has 43 heavy (non-hydrogen) atoms. The summed E-state index contributed by atoms with van der Waals surface area (Å²) in [5.41, 5.74) is 1.67. The summed E-state index contributed by atoms with van der Waals surface area (Å²) in [6, 6.07) is 28.8. The van der Waals surface area contributed by atoms with Gasteiger partial charge in [-0.25, -0.2) is 13.2 Å². The van der Waals surface area contributed by atoms with E-state index in [0.717, 1.165) is 50.0 Å². The van der Waals surface area contributed by atoms with E-state index in [-0.39, 0.29) is 18.7 Å². The molecule has 0 bridgehead atoms. The van der Waals surface area contributed by atoms with E-state index in [2.05, 4.69) is 22.3 Å². The van der Waals surface area contributed by atoms with Crippen molar-refractivity contribution in [2.24, 2.45) is 0 Å². The van der Waals surface area contributed by atoms with Crippen molar-refractivity contribution in [2.75, 3.05) is 53.4 Å². The second kappa shape index (κ2) is 15.5. The van der Waals surface area contributed by atoms with Crippen molar-refractivity contribution in [1.82, 2.24) is 19.4 Å². The van der Waals surface area contributed by atoms with Crippen LogP contribution in [0.3, 0.4) is 0 Å². The molecule has 8 nitrogen and oxygen atoms in total. The molecule has 1 saturated heterocycles. The van der Waals surface area contributed by atoms with Crippen LogP contribution in [0, 0.1) is 0 Å². The summed E-state index contributed by atoms with van der Waals surface area (Å²) in [5.74, 6) is 0. The Hall–Kier alpha value is -3.24. The van der Waals surface area contributed by atoms with Crippen LogP contribution in [0.5, 0.6) is 0 Å². The number of nitrogens with zero attached hydrogens (tertiary/aromatic N) is 3. The van der Waals surface area contributed by atoms with Crippen LogP contribution in [-0.4, -0.2) is 88.0 Å². The van der Waals surface area contributed by atoms with Gasteiger partial charge in [0.05, 0.1) is 4.90 Å². The third-order valence-corrected chi connectivity index (χ3v) is 10.4. The van der Waals surface area contributed by atoms with Gasteiger partial charge in [0, 0.05) is 51.2 Å². The molecule has 1 aliphatic rings. The second-order valence-corrected chi connectivity index (χ2v) is 13.4. The number of sulfonamides is 1. The fourth-order valence-electron chi connectivity index (χ4n) is 6.14. The minimum atomic E-state index is -3.65. The van der Waals surface area contributed by atoms with Gasteiger partial charge in [0.25, 0.3) is 0 Å². The minimum Gasteiger partial charge on any atom is -0.445 e. The van der Waals surface area contributed by atoms with Gasteiger partial charge < -0.3 is 19.9 Å². The van der Waals surface area contributed by atoms with Crippen LogP contribution in [0.2, 0.25) is 0 Å². The summed E-state index contributed by atoms with van der Waals surface area (Å²) < 4.78 is 34.2. The smallest absolute Gasteiger partial charge is 0.410 e. The molecular weight excluding hydrogens is 560 g/mol. The second-order valence-electron chi connectivity index (χ2n) is 11.4. The molecule has 232 valence electrons. The van der Waals surface area contributed by atoms with Crippen LogP contribution in [0.4, 0.5) is 4.79 Å². The average molecular weight is 607 g/mol. The number of likely N-dealkylation sites (tertiary alicyclic amines) is 1. The Morgan fingerprint density at radius 1 is 0.953 bits per heavy atom. The van der Waals surface area contributed by atoms with E-state index in [1.165, 1.54) is 4.31 Å². The van der Waals surface area contributed by atoms with Crippen molar-refractivity contribution in [1.29, 1.82) is 0 Å². The van der Waals surface area contributed by atoms with E-state index in [9.17, 15) is 13.2 Å². The number of ether oxygens (including phenoxy) is 1. The topological polar surface area (TPSA) is 82.2 Å². The Bertz CT molecular complexity index is 1370. The van der Waals surface area contributed by atoms with Crippen LogP contribution < -0.4 is 5.32 Å². The SMILES string of the molecule is CCN(C(=O)OCc1ccccc1)C1CCN(CCC(CNC)(CN(C)S(=O)(=O)c2ccccc2)c2ccccc2)CC1. The van der Waals surface area contributed by atoms with E-state index in [1.807, 2.05) is 73.5 Å². The lowest BCUT2D eigenvalue weighted by atomic mass is 9.77. The van der Waals surface area contributed by atoms with Crippen LogP contribution in [-0.2, 0) is 26.8 Å². The summed E-state index contributed by atoms with van der Waals surface area (Å²) in [5, 5.41) is 3.36. The third-order valence-electron chi connectivity index (χ3n) is 8.56. The molecule has 0 aromatic heterocycles. The highest BCUT2D eigenvalue weighted by atomic mass is 32.2. The number of benzene rings is 3. The maximum Gasteiger partial charge on any atom is 0.410 e. The predicted molar refractivity (Wildman–Crippen MR) is 171 cm³/mol. The van der Waals surface area contributed by atoms with E-state index in [0.29, 0.717) is 24.5 Å². The molecule has 0 saturated carbocycles. The summed E-state index contributed by atoms with van der Waals surface area (Å²) in [6.07, 6.45) is 2.28. The Morgan fingerprint density at radius 3 is 2.12 bits per heavy atom. The number of piperidine rings is 1. The number of likely N-dealkylation sites (N-methyl/N-ethyl adjacent to an activating group) is 2. The van der Waals surface area contributed by atoms with Crippen LogP contribution in [0.1, 0.15) is 37.3 Å². The molecule has 0 radical (unpaired) electrons. The van der Waals surface area contributed by atoms with E-state index in [1.54, 1.807) is 31.3 Å². The van der Waals surface area contributed by atoms with Gasteiger partial charge >= 0.3 is 6.09 Å². The molecule has 9 heteroatoms. The first-order valence-corrected chi connectivity index (χ1v) is 16.6. The van der Waals surface area contributed by atoms with Crippen molar-refractivity contribution in [2.45, 2.75) is 49.1 Å². The van der Waals surface area contributed by atoms with Crippen LogP contribution in [0.25, 0.3) is 0 Å². The number of hydrogen-bond donors (Lipinski definition) is 1. The first kappa shape index (κ1) is 32.7. The number of carbonyl (C=O) groups is 1. The zero-order chi connectivity index (χ0) is 30.7. The zero-order valence-electron chi connectivity index (χ0n) is 25.7. The third kappa shape index (κ3) is 8.44. The average Bonchev–Trinajstić information content (AvgIpc) is 3.05. The maximum absolute atomic E-state index is 13.5. The molecule has 0 aliphatic carbocycles. The van der Waals surface area contributed by atoms with Crippen molar-refractivity contribution >= 4 is 16.1 Å². The molecule has 1 fully saturated rings. The Balaban J connectivity index is 1.41. The molecule has 4 rings (SSSR count).